The average molecular weight is 482 g/mol. The highest BCUT2D eigenvalue weighted by Gasteiger charge is 2.23. The van der Waals surface area contributed by atoms with Gasteiger partial charge in [-0.25, -0.2) is 9.67 Å². The Morgan fingerprint density at radius 1 is 1.10 bits per heavy atom. The molecule has 0 fully saturated rings. The van der Waals surface area contributed by atoms with Crippen molar-refractivity contribution in [1.29, 1.82) is 0 Å². The van der Waals surface area contributed by atoms with Crippen LogP contribution in [-0.2, 0) is 12.8 Å². The van der Waals surface area contributed by atoms with Crippen LogP contribution in [0.2, 0.25) is 0 Å². The number of aryl methyl sites for hydroxylation is 1. The van der Waals surface area contributed by atoms with E-state index in [1.807, 2.05) is 42.5 Å². The number of H-pyrrole nitrogens is 1. The fourth-order valence-corrected chi connectivity index (χ4v) is 3.98. The number of fused-ring (bicyclic) bond motifs is 1. The van der Waals surface area contributed by atoms with Gasteiger partial charge in [-0.05, 0) is 49.4 Å². The summed E-state index contributed by atoms with van der Waals surface area (Å²) < 4.78 is 2.59. The quantitative estimate of drug-likeness (QED) is 0.398. The standard InChI is InChI=1S/C23H24BrN5O2/c1-15(30)19(9-5-8-16-6-3-2-4-7-16)29-22-21(27-28-29)23(31)26-20(25-22)14-17-10-12-18(24)13-11-17/h2-4,6-7,10-13,15,19,30H,5,8-9,14H2,1H3,(H,25,26,31). The van der Waals surface area contributed by atoms with Crippen molar-refractivity contribution in [1.82, 2.24) is 25.0 Å². The van der Waals surface area contributed by atoms with Crippen molar-refractivity contribution in [3.63, 3.8) is 0 Å². The van der Waals surface area contributed by atoms with Crippen molar-refractivity contribution >= 4 is 27.1 Å². The number of nitrogens with one attached hydrogen (secondary N) is 1. The highest BCUT2D eigenvalue weighted by Crippen LogP contribution is 2.22. The van der Waals surface area contributed by atoms with Crippen molar-refractivity contribution in [2.45, 2.75) is 44.8 Å². The summed E-state index contributed by atoms with van der Waals surface area (Å²) in [7, 11) is 0. The molecule has 4 aromatic rings. The summed E-state index contributed by atoms with van der Waals surface area (Å²) >= 11 is 3.43. The van der Waals surface area contributed by atoms with Crippen LogP contribution >= 0.6 is 15.9 Å². The van der Waals surface area contributed by atoms with Gasteiger partial charge < -0.3 is 10.1 Å². The van der Waals surface area contributed by atoms with Crippen molar-refractivity contribution in [2.75, 3.05) is 0 Å². The van der Waals surface area contributed by atoms with E-state index in [1.54, 1.807) is 11.6 Å². The van der Waals surface area contributed by atoms with Gasteiger partial charge in [0.2, 0.25) is 0 Å². The molecular formula is C23H24BrN5O2. The van der Waals surface area contributed by atoms with Crippen LogP contribution in [0.15, 0.2) is 63.9 Å². The van der Waals surface area contributed by atoms with Gasteiger partial charge in [-0.15, -0.1) is 5.10 Å². The maximum Gasteiger partial charge on any atom is 0.281 e. The molecule has 160 valence electrons. The van der Waals surface area contributed by atoms with Gasteiger partial charge in [0, 0.05) is 10.9 Å². The van der Waals surface area contributed by atoms with E-state index >= 15 is 0 Å². The number of aromatic nitrogens is 5. The number of hydrogen-bond donors (Lipinski definition) is 2. The van der Waals surface area contributed by atoms with Gasteiger partial charge in [-0.3, -0.25) is 4.79 Å². The van der Waals surface area contributed by atoms with Gasteiger partial charge in [0.05, 0.1) is 12.1 Å². The van der Waals surface area contributed by atoms with Crippen LogP contribution in [0.5, 0.6) is 0 Å². The molecule has 0 bridgehead atoms. The van der Waals surface area contributed by atoms with E-state index in [4.69, 9.17) is 0 Å². The van der Waals surface area contributed by atoms with Crippen molar-refractivity contribution in [2.24, 2.45) is 0 Å². The van der Waals surface area contributed by atoms with Crippen LogP contribution in [0.1, 0.15) is 42.8 Å². The van der Waals surface area contributed by atoms with Gasteiger partial charge in [-0.2, -0.15) is 0 Å². The van der Waals surface area contributed by atoms with Crippen LogP contribution < -0.4 is 5.56 Å². The molecule has 8 heteroatoms. The summed E-state index contributed by atoms with van der Waals surface area (Å²) in [4.78, 5) is 20.0. The molecule has 0 aliphatic heterocycles. The largest absolute Gasteiger partial charge is 0.391 e. The zero-order valence-electron chi connectivity index (χ0n) is 17.2. The molecule has 2 atom stereocenters. The maximum atomic E-state index is 12.6. The Morgan fingerprint density at radius 2 is 1.84 bits per heavy atom. The van der Waals surface area contributed by atoms with E-state index in [1.165, 1.54) is 5.56 Å². The first-order chi connectivity index (χ1) is 15.0. The lowest BCUT2D eigenvalue weighted by Crippen LogP contribution is -2.24. The first-order valence-corrected chi connectivity index (χ1v) is 11.1. The fourth-order valence-electron chi connectivity index (χ4n) is 3.72. The van der Waals surface area contributed by atoms with Gasteiger partial charge in [-0.1, -0.05) is 63.6 Å². The summed E-state index contributed by atoms with van der Waals surface area (Å²) in [6.45, 7) is 1.73. The summed E-state index contributed by atoms with van der Waals surface area (Å²) in [5, 5.41) is 18.7. The summed E-state index contributed by atoms with van der Waals surface area (Å²) in [5.41, 5.74) is 2.55. The fraction of sp³-hybridized carbons (Fsp3) is 0.304. The molecule has 0 amide bonds. The first kappa shape index (κ1) is 21.4. The molecule has 2 aromatic carbocycles. The summed E-state index contributed by atoms with van der Waals surface area (Å²) in [6, 6.07) is 17.8. The van der Waals surface area contributed by atoms with E-state index in [0.29, 0.717) is 24.3 Å². The van der Waals surface area contributed by atoms with E-state index < -0.39 is 6.10 Å². The van der Waals surface area contributed by atoms with Gasteiger partial charge in [0.25, 0.3) is 5.56 Å². The normalized spacial score (nSPS) is 13.4. The second kappa shape index (κ2) is 9.53. The van der Waals surface area contributed by atoms with Crippen LogP contribution in [0.25, 0.3) is 11.2 Å². The SMILES string of the molecule is CC(O)C(CCCc1ccccc1)n1nnc2c(=O)[nH]c(Cc3ccc(Br)cc3)nc21. The van der Waals surface area contributed by atoms with E-state index in [9.17, 15) is 9.90 Å². The minimum Gasteiger partial charge on any atom is -0.391 e. The summed E-state index contributed by atoms with van der Waals surface area (Å²) in [6.07, 6.45) is 2.30. The predicted molar refractivity (Wildman–Crippen MR) is 123 cm³/mol. The summed E-state index contributed by atoms with van der Waals surface area (Å²) in [5.74, 6) is 0.539. The smallest absolute Gasteiger partial charge is 0.281 e. The van der Waals surface area contributed by atoms with Gasteiger partial charge in [0.15, 0.2) is 11.2 Å². The lowest BCUT2D eigenvalue weighted by molar-refractivity contribution is 0.117. The monoisotopic (exact) mass is 481 g/mol. The molecule has 2 N–H and O–H groups in total. The third-order valence-corrected chi connectivity index (χ3v) is 5.88. The lowest BCUT2D eigenvalue weighted by atomic mass is 10.0. The van der Waals surface area contributed by atoms with E-state index in [2.05, 4.69) is 48.3 Å². The molecule has 2 unspecified atom stereocenters. The van der Waals surface area contributed by atoms with Crippen LogP contribution in [0.3, 0.4) is 0 Å². The Hall–Kier alpha value is -2.84. The molecule has 0 aliphatic rings. The Bertz CT molecular complexity index is 1200. The zero-order valence-corrected chi connectivity index (χ0v) is 18.8. The van der Waals surface area contributed by atoms with Crippen LogP contribution in [0, 0.1) is 0 Å². The molecule has 0 radical (unpaired) electrons. The van der Waals surface area contributed by atoms with Crippen molar-refractivity contribution in [3.8, 4) is 0 Å². The van der Waals surface area contributed by atoms with Crippen molar-refractivity contribution < 1.29 is 5.11 Å². The third kappa shape index (κ3) is 5.08. The van der Waals surface area contributed by atoms with Gasteiger partial charge in [0.1, 0.15) is 5.82 Å². The van der Waals surface area contributed by atoms with E-state index in [0.717, 1.165) is 22.9 Å². The number of benzene rings is 2. The van der Waals surface area contributed by atoms with Crippen LogP contribution in [-0.4, -0.2) is 36.2 Å². The molecule has 31 heavy (non-hydrogen) atoms. The topological polar surface area (TPSA) is 96.7 Å². The molecule has 0 aliphatic carbocycles. The third-order valence-electron chi connectivity index (χ3n) is 5.35. The predicted octanol–water partition coefficient (Wildman–Crippen LogP) is 3.81. The maximum absolute atomic E-state index is 12.6. The van der Waals surface area contributed by atoms with E-state index in [-0.39, 0.29) is 17.1 Å². The lowest BCUT2D eigenvalue weighted by Gasteiger charge is -2.20. The first-order valence-electron chi connectivity index (χ1n) is 10.3. The molecule has 0 saturated heterocycles. The second-order valence-corrected chi connectivity index (χ2v) is 8.62. The molecular weight excluding hydrogens is 458 g/mol. The molecule has 0 spiro atoms. The Balaban J connectivity index is 1.59. The number of nitrogens with zero attached hydrogens (tertiary/aromatic N) is 4. The van der Waals surface area contributed by atoms with Gasteiger partial charge >= 0.3 is 0 Å². The number of aliphatic hydroxyl groups excluding tert-OH is 1. The Morgan fingerprint density at radius 3 is 2.55 bits per heavy atom. The highest BCUT2D eigenvalue weighted by atomic mass is 79.9. The number of rotatable bonds is 8. The average Bonchev–Trinajstić information content (AvgIpc) is 3.17. The minimum absolute atomic E-state index is 0.188. The molecule has 2 aromatic heterocycles. The zero-order chi connectivity index (χ0) is 21.8. The Kier molecular flexibility index (Phi) is 6.58. The molecule has 2 heterocycles. The molecule has 7 nitrogen and oxygen atoms in total. The number of aliphatic hydroxyl groups is 1. The number of hydrogen-bond acceptors (Lipinski definition) is 5. The highest BCUT2D eigenvalue weighted by molar-refractivity contribution is 9.10. The van der Waals surface area contributed by atoms with Crippen molar-refractivity contribution in [3.05, 3.63) is 86.4 Å². The molecule has 4 rings (SSSR count). The minimum atomic E-state index is -0.656. The number of aromatic amines is 1. The second-order valence-electron chi connectivity index (χ2n) is 7.71. The van der Waals surface area contributed by atoms with Crippen LogP contribution in [0.4, 0.5) is 0 Å². The molecule has 0 saturated carbocycles. The number of halogens is 1. The Labute approximate surface area is 188 Å².